The first-order valence-electron chi connectivity index (χ1n) is 5.08. The Morgan fingerprint density at radius 3 is 2.56 bits per heavy atom. The Balaban J connectivity index is 2.60. The lowest BCUT2D eigenvalue weighted by Gasteiger charge is -2.03. The van der Waals surface area contributed by atoms with Gasteiger partial charge in [0.15, 0.2) is 0 Å². The van der Waals surface area contributed by atoms with Crippen molar-refractivity contribution in [2.75, 3.05) is 0 Å². The molecule has 0 saturated heterocycles. The molecule has 0 fully saturated rings. The SMILES string of the molecule is Cc1ccc(-c2nc(C)c(C)[nH]c2=O)cn1. The summed E-state index contributed by atoms with van der Waals surface area (Å²) in [6, 6.07) is 3.72. The summed E-state index contributed by atoms with van der Waals surface area (Å²) in [5, 5.41) is 0. The monoisotopic (exact) mass is 215 g/mol. The lowest BCUT2D eigenvalue weighted by Crippen LogP contribution is -2.14. The maximum atomic E-state index is 11.7. The largest absolute Gasteiger partial charge is 0.323 e. The van der Waals surface area contributed by atoms with Gasteiger partial charge in [-0.3, -0.25) is 9.78 Å². The number of hydrogen-bond donors (Lipinski definition) is 1. The van der Waals surface area contributed by atoms with Crippen molar-refractivity contribution in [1.82, 2.24) is 15.0 Å². The lowest BCUT2D eigenvalue weighted by molar-refractivity contribution is 1.01. The second-order valence-corrected chi connectivity index (χ2v) is 3.81. The van der Waals surface area contributed by atoms with Crippen LogP contribution in [0.5, 0.6) is 0 Å². The van der Waals surface area contributed by atoms with E-state index in [1.807, 2.05) is 32.9 Å². The molecule has 0 aromatic carbocycles. The first kappa shape index (κ1) is 10.5. The Bertz CT molecular complexity index is 570. The highest BCUT2D eigenvalue weighted by Crippen LogP contribution is 2.12. The van der Waals surface area contributed by atoms with Crippen LogP contribution >= 0.6 is 0 Å². The minimum atomic E-state index is -0.172. The van der Waals surface area contributed by atoms with Crippen LogP contribution in [0.4, 0.5) is 0 Å². The van der Waals surface area contributed by atoms with Crippen molar-refractivity contribution in [3.8, 4) is 11.3 Å². The fourth-order valence-electron chi connectivity index (χ4n) is 1.43. The molecular formula is C12H13N3O. The molecule has 0 amide bonds. The Morgan fingerprint density at radius 1 is 1.19 bits per heavy atom. The van der Waals surface area contributed by atoms with E-state index in [2.05, 4.69) is 15.0 Å². The van der Waals surface area contributed by atoms with E-state index in [4.69, 9.17) is 0 Å². The minimum absolute atomic E-state index is 0.172. The van der Waals surface area contributed by atoms with Gasteiger partial charge < -0.3 is 4.98 Å². The maximum absolute atomic E-state index is 11.7. The molecule has 82 valence electrons. The summed E-state index contributed by atoms with van der Waals surface area (Å²) < 4.78 is 0. The molecule has 0 unspecified atom stereocenters. The highest BCUT2D eigenvalue weighted by molar-refractivity contribution is 5.56. The normalized spacial score (nSPS) is 10.4. The van der Waals surface area contributed by atoms with Crippen molar-refractivity contribution < 1.29 is 0 Å². The van der Waals surface area contributed by atoms with Crippen molar-refractivity contribution in [1.29, 1.82) is 0 Å². The third-order valence-electron chi connectivity index (χ3n) is 2.52. The van der Waals surface area contributed by atoms with Crippen molar-refractivity contribution in [2.24, 2.45) is 0 Å². The molecule has 0 spiro atoms. The van der Waals surface area contributed by atoms with E-state index in [0.29, 0.717) is 5.69 Å². The van der Waals surface area contributed by atoms with Crippen molar-refractivity contribution in [2.45, 2.75) is 20.8 Å². The van der Waals surface area contributed by atoms with Crippen LogP contribution in [0.2, 0.25) is 0 Å². The Hall–Kier alpha value is -1.97. The molecule has 1 N–H and O–H groups in total. The molecule has 2 rings (SSSR count). The van der Waals surface area contributed by atoms with E-state index >= 15 is 0 Å². The molecule has 0 atom stereocenters. The molecule has 4 nitrogen and oxygen atoms in total. The summed E-state index contributed by atoms with van der Waals surface area (Å²) in [5.41, 5.74) is 3.55. The predicted octanol–water partition coefficient (Wildman–Crippen LogP) is 1.76. The zero-order chi connectivity index (χ0) is 11.7. The first-order valence-corrected chi connectivity index (χ1v) is 5.08. The van der Waals surface area contributed by atoms with Crippen LogP contribution in [0.3, 0.4) is 0 Å². The maximum Gasteiger partial charge on any atom is 0.274 e. The van der Waals surface area contributed by atoms with Crippen LogP contribution in [0.15, 0.2) is 23.1 Å². The molecule has 0 radical (unpaired) electrons. The molecule has 16 heavy (non-hydrogen) atoms. The van der Waals surface area contributed by atoms with Gasteiger partial charge in [0.05, 0.1) is 5.69 Å². The van der Waals surface area contributed by atoms with Crippen molar-refractivity contribution in [3.05, 3.63) is 45.8 Å². The minimum Gasteiger partial charge on any atom is -0.323 e. The van der Waals surface area contributed by atoms with Crippen LogP contribution in [0, 0.1) is 20.8 Å². The number of nitrogens with zero attached hydrogens (tertiary/aromatic N) is 2. The summed E-state index contributed by atoms with van der Waals surface area (Å²) in [7, 11) is 0. The highest BCUT2D eigenvalue weighted by Gasteiger charge is 2.07. The van der Waals surface area contributed by atoms with E-state index in [0.717, 1.165) is 22.6 Å². The van der Waals surface area contributed by atoms with Crippen LogP contribution < -0.4 is 5.56 Å². The third kappa shape index (κ3) is 1.86. The quantitative estimate of drug-likeness (QED) is 0.788. The Labute approximate surface area is 93.4 Å². The number of H-pyrrole nitrogens is 1. The van der Waals surface area contributed by atoms with E-state index in [9.17, 15) is 4.79 Å². The Morgan fingerprint density at radius 2 is 1.94 bits per heavy atom. The Kier molecular flexibility index (Phi) is 2.56. The third-order valence-corrected chi connectivity index (χ3v) is 2.52. The standard InChI is InChI=1S/C12H13N3O/c1-7-4-5-10(6-13-7)11-12(16)15-9(3)8(2)14-11/h4-6H,1-3H3,(H,15,16). The zero-order valence-corrected chi connectivity index (χ0v) is 9.53. The molecule has 0 aliphatic carbocycles. The number of rotatable bonds is 1. The summed E-state index contributed by atoms with van der Waals surface area (Å²) >= 11 is 0. The van der Waals surface area contributed by atoms with Crippen LogP contribution in [-0.2, 0) is 0 Å². The topological polar surface area (TPSA) is 58.6 Å². The van der Waals surface area contributed by atoms with Gasteiger partial charge in [0, 0.05) is 23.1 Å². The fourth-order valence-corrected chi connectivity index (χ4v) is 1.43. The number of nitrogens with one attached hydrogen (secondary N) is 1. The molecular weight excluding hydrogens is 202 g/mol. The van der Waals surface area contributed by atoms with Gasteiger partial charge in [0.1, 0.15) is 5.69 Å². The van der Waals surface area contributed by atoms with Crippen LogP contribution in [-0.4, -0.2) is 15.0 Å². The van der Waals surface area contributed by atoms with Crippen LogP contribution in [0.1, 0.15) is 17.1 Å². The van der Waals surface area contributed by atoms with E-state index in [1.165, 1.54) is 0 Å². The molecule has 2 aromatic rings. The fraction of sp³-hybridized carbons (Fsp3) is 0.250. The van der Waals surface area contributed by atoms with E-state index in [-0.39, 0.29) is 5.56 Å². The molecule has 2 aromatic heterocycles. The highest BCUT2D eigenvalue weighted by atomic mass is 16.1. The van der Waals surface area contributed by atoms with Gasteiger partial charge in [-0.05, 0) is 32.9 Å². The van der Waals surface area contributed by atoms with Crippen molar-refractivity contribution in [3.63, 3.8) is 0 Å². The molecule has 2 heterocycles. The molecule has 0 aliphatic heterocycles. The van der Waals surface area contributed by atoms with Crippen LogP contribution in [0.25, 0.3) is 11.3 Å². The number of aryl methyl sites for hydroxylation is 3. The molecule has 0 aliphatic rings. The summed E-state index contributed by atoms with van der Waals surface area (Å²) in [5.74, 6) is 0. The summed E-state index contributed by atoms with van der Waals surface area (Å²) in [6.07, 6.45) is 1.67. The number of aromatic amines is 1. The smallest absolute Gasteiger partial charge is 0.274 e. The predicted molar refractivity (Wildman–Crippen MR) is 62.3 cm³/mol. The van der Waals surface area contributed by atoms with Gasteiger partial charge in [-0.25, -0.2) is 4.98 Å². The second kappa shape index (κ2) is 3.89. The molecule has 0 bridgehead atoms. The first-order chi connectivity index (χ1) is 7.58. The van der Waals surface area contributed by atoms with Gasteiger partial charge in [-0.2, -0.15) is 0 Å². The average Bonchev–Trinajstić information content (AvgIpc) is 2.25. The number of aromatic nitrogens is 3. The average molecular weight is 215 g/mol. The van der Waals surface area contributed by atoms with Gasteiger partial charge in [0.2, 0.25) is 0 Å². The molecule has 4 heteroatoms. The molecule has 0 saturated carbocycles. The second-order valence-electron chi connectivity index (χ2n) is 3.81. The summed E-state index contributed by atoms with van der Waals surface area (Å²) in [6.45, 7) is 5.61. The lowest BCUT2D eigenvalue weighted by atomic mass is 10.2. The van der Waals surface area contributed by atoms with E-state index in [1.54, 1.807) is 6.20 Å². The van der Waals surface area contributed by atoms with Gasteiger partial charge >= 0.3 is 0 Å². The summed E-state index contributed by atoms with van der Waals surface area (Å²) in [4.78, 5) is 23.0. The zero-order valence-electron chi connectivity index (χ0n) is 9.53. The van der Waals surface area contributed by atoms with Crippen molar-refractivity contribution >= 4 is 0 Å². The number of pyridine rings is 1. The van der Waals surface area contributed by atoms with Gasteiger partial charge in [-0.1, -0.05) is 0 Å². The van der Waals surface area contributed by atoms with Gasteiger partial charge in [0.25, 0.3) is 5.56 Å². The number of hydrogen-bond acceptors (Lipinski definition) is 3. The van der Waals surface area contributed by atoms with E-state index < -0.39 is 0 Å². The van der Waals surface area contributed by atoms with Gasteiger partial charge in [-0.15, -0.1) is 0 Å².